The molecule has 108 valence electrons. The minimum Gasteiger partial charge on any atom is -0.489 e. The number of halogens is 2. The maximum Gasteiger partial charge on any atom is 0.328 e. The largest absolute Gasteiger partial charge is 0.489 e. The highest BCUT2D eigenvalue weighted by Gasteiger charge is 2.03. The van der Waals surface area contributed by atoms with Gasteiger partial charge in [0, 0.05) is 16.1 Å². The van der Waals surface area contributed by atoms with Crippen molar-refractivity contribution in [3.63, 3.8) is 0 Å². The number of benzene rings is 2. The molecule has 0 aromatic heterocycles. The summed E-state index contributed by atoms with van der Waals surface area (Å²) in [6, 6.07) is 11.7. The molecule has 0 saturated heterocycles. The van der Waals surface area contributed by atoms with Gasteiger partial charge in [-0.2, -0.15) is 0 Å². The number of aliphatic carboxylic acids is 1. The van der Waals surface area contributed by atoms with E-state index in [-0.39, 0.29) is 12.4 Å². The summed E-state index contributed by atoms with van der Waals surface area (Å²) in [6.07, 6.45) is 2.55. The fourth-order valence-corrected chi connectivity index (χ4v) is 1.98. The van der Waals surface area contributed by atoms with Crippen LogP contribution in [0.4, 0.5) is 4.39 Å². The number of rotatable bonds is 5. The molecule has 0 heterocycles. The Kier molecular flexibility index (Phi) is 5.11. The lowest BCUT2D eigenvalue weighted by molar-refractivity contribution is -0.131. The second-order valence-electron chi connectivity index (χ2n) is 4.27. The Hall–Kier alpha value is -2.14. The summed E-state index contributed by atoms with van der Waals surface area (Å²) in [6.45, 7) is 0.128. The van der Waals surface area contributed by atoms with Crippen LogP contribution in [-0.2, 0) is 11.4 Å². The molecule has 0 radical (unpaired) electrons. The minimum absolute atomic E-state index is 0.128. The van der Waals surface area contributed by atoms with E-state index in [0.717, 1.165) is 11.6 Å². The molecule has 0 unspecified atom stereocenters. The third-order valence-corrected chi connectivity index (χ3v) is 3.20. The van der Waals surface area contributed by atoms with Crippen molar-refractivity contribution in [1.29, 1.82) is 0 Å². The van der Waals surface area contributed by atoms with E-state index in [1.807, 2.05) is 0 Å². The van der Waals surface area contributed by atoms with Gasteiger partial charge in [0.2, 0.25) is 0 Å². The summed E-state index contributed by atoms with van der Waals surface area (Å²) < 4.78 is 19.8. The van der Waals surface area contributed by atoms with Gasteiger partial charge in [-0.25, -0.2) is 9.18 Å². The van der Waals surface area contributed by atoms with Gasteiger partial charge in [0.1, 0.15) is 18.2 Å². The quantitative estimate of drug-likeness (QED) is 0.819. The van der Waals surface area contributed by atoms with E-state index < -0.39 is 5.97 Å². The molecule has 2 rings (SSSR count). The Labute approximate surface area is 129 Å². The maximum atomic E-state index is 13.6. The lowest BCUT2D eigenvalue weighted by Crippen LogP contribution is -1.98. The molecule has 21 heavy (non-hydrogen) atoms. The highest BCUT2D eigenvalue weighted by Crippen LogP contribution is 2.18. The second-order valence-corrected chi connectivity index (χ2v) is 5.18. The van der Waals surface area contributed by atoms with Crippen LogP contribution >= 0.6 is 15.9 Å². The monoisotopic (exact) mass is 350 g/mol. The van der Waals surface area contributed by atoms with Gasteiger partial charge in [0.15, 0.2) is 0 Å². The predicted molar refractivity (Wildman–Crippen MR) is 81.5 cm³/mol. The van der Waals surface area contributed by atoms with Crippen molar-refractivity contribution in [2.45, 2.75) is 6.61 Å². The smallest absolute Gasteiger partial charge is 0.328 e. The molecular weight excluding hydrogens is 339 g/mol. The predicted octanol–water partition coefficient (Wildman–Crippen LogP) is 4.27. The van der Waals surface area contributed by atoms with Crippen molar-refractivity contribution in [1.82, 2.24) is 0 Å². The van der Waals surface area contributed by atoms with Crippen molar-refractivity contribution < 1.29 is 19.0 Å². The lowest BCUT2D eigenvalue weighted by Gasteiger charge is -2.07. The molecule has 3 nitrogen and oxygen atoms in total. The number of hydrogen-bond acceptors (Lipinski definition) is 2. The molecule has 0 aliphatic heterocycles. The van der Waals surface area contributed by atoms with E-state index in [9.17, 15) is 9.18 Å². The molecule has 0 amide bonds. The fourth-order valence-electron chi connectivity index (χ4n) is 1.64. The Morgan fingerprint density at radius 1 is 1.24 bits per heavy atom. The van der Waals surface area contributed by atoms with Crippen LogP contribution in [0, 0.1) is 5.82 Å². The molecule has 0 aliphatic carbocycles. The normalized spacial score (nSPS) is 10.8. The van der Waals surface area contributed by atoms with Crippen LogP contribution in [0.5, 0.6) is 5.75 Å². The molecule has 1 N–H and O–H groups in total. The number of carboxylic acid groups (broad SMARTS) is 1. The zero-order chi connectivity index (χ0) is 15.2. The summed E-state index contributed by atoms with van der Waals surface area (Å²) in [4.78, 5) is 10.4. The molecule has 5 heteroatoms. The highest BCUT2D eigenvalue weighted by molar-refractivity contribution is 9.10. The SMILES string of the molecule is O=C(O)/C=C/c1ccc(OCc2ccc(Br)cc2F)cc1. The summed E-state index contributed by atoms with van der Waals surface area (Å²) in [5.41, 5.74) is 1.22. The number of carbonyl (C=O) groups is 1. The fraction of sp³-hybridized carbons (Fsp3) is 0.0625. The van der Waals surface area contributed by atoms with E-state index in [2.05, 4.69) is 15.9 Å². The van der Waals surface area contributed by atoms with E-state index in [0.29, 0.717) is 15.8 Å². The summed E-state index contributed by atoms with van der Waals surface area (Å²) >= 11 is 3.20. The van der Waals surface area contributed by atoms with Crippen molar-refractivity contribution in [2.75, 3.05) is 0 Å². The highest BCUT2D eigenvalue weighted by atomic mass is 79.9. The van der Waals surface area contributed by atoms with Crippen LogP contribution in [0.2, 0.25) is 0 Å². The number of carboxylic acids is 1. The third kappa shape index (κ3) is 4.72. The zero-order valence-electron chi connectivity index (χ0n) is 10.9. The summed E-state index contributed by atoms with van der Waals surface area (Å²) in [7, 11) is 0. The van der Waals surface area contributed by atoms with Gasteiger partial charge in [0.25, 0.3) is 0 Å². The lowest BCUT2D eigenvalue weighted by atomic mass is 10.2. The number of hydrogen-bond donors (Lipinski definition) is 1. The van der Waals surface area contributed by atoms with Gasteiger partial charge in [0.05, 0.1) is 0 Å². The molecule has 2 aromatic rings. The van der Waals surface area contributed by atoms with Gasteiger partial charge in [-0.3, -0.25) is 0 Å². The second kappa shape index (κ2) is 7.04. The first kappa shape index (κ1) is 15.3. The molecule has 0 bridgehead atoms. The van der Waals surface area contributed by atoms with Crippen molar-refractivity contribution in [3.05, 3.63) is 70.0 Å². The topological polar surface area (TPSA) is 46.5 Å². The van der Waals surface area contributed by atoms with Crippen molar-refractivity contribution in [2.24, 2.45) is 0 Å². The molecular formula is C16H12BrFO3. The first-order chi connectivity index (χ1) is 10.0. The van der Waals surface area contributed by atoms with Crippen LogP contribution in [0.3, 0.4) is 0 Å². The Morgan fingerprint density at radius 3 is 2.57 bits per heavy atom. The average Bonchev–Trinajstić information content (AvgIpc) is 2.45. The average molecular weight is 351 g/mol. The van der Waals surface area contributed by atoms with Gasteiger partial charge < -0.3 is 9.84 Å². The van der Waals surface area contributed by atoms with E-state index in [1.165, 1.54) is 12.1 Å². The molecule has 2 aromatic carbocycles. The van der Waals surface area contributed by atoms with Crippen molar-refractivity contribution in [3.8, 4) is 5.75 Å². The first-order valence-corrected chi connectivity index (χ1v) is 6.92. The third-order valence-electron chi connectivity index (χ3n) is 2.71. The van der Waals surface area contributed by atoms with Crippen LogP contribution in [0.25, 0.3) is 6.08 Å². The van der Waals surface area contributed by atoms with E-state index >= 15 is 0 Å². The number of ether oxygens (including phenoxy) is 1. The van der Waals surface area contributed by atoms with Gasteiger partial charge in [-0.15, -0.1) is 0 Å². The summed E-state index contributed by atoms with van der Waals surface area (Å²) in [5.74, 6) is -0.740. The van der Waals surface area contributed by atoms with Crippen molar-refractivity contribution >= 4 is 28.0 Å². The molecule has 0 saturated carbocycles. The van der Waals surface area contributed by atoms with Gasteiger partial charge >= 0.3 is 5.97 Å². The first-order valence-electron chi connectivity index (χ1n) is 6.12. The van der Waals surface area contributed by atoms with Gasteiger partial charge in [-0.05, 0) is 35.9 Å². The van der Waals surface area contributed by atoms with Crippen LogP contribution in [-0.4, -0.2) is 11.1 Å². The van der Waals surface area contributed by atoms with E-state index in [4.69, 9.17) is 9.84 Å². The van der Waals surface area contributed by atoms with Crippen LogP contribution in [0.1, 0.15) is 11.1 Å². The molecule has 0 atom stereocenters. The maximum absolute atomic E-state index is 13.6. The Morgan fingerprint density at radius 2 is 1.95 bits per heavy atom. The molecule has 0 spiro atoms. The minimum atomic E-state index is -0.999. The van der Waals surface area contributed by atoms with Gasteiger partial charge in [-0.1, -0.05) is 34.1 Å². The zero-order valence-corrected chi connectivity index (χ0v) is 12.5. The van der Waals surface area contributed by atoms with E-state index in [1.54, 1.807) is 36.4 Å². The Balaban J connectivity index is 1.99. The standard InChI is InChI=1S/C16H12BrFO3/c17-13-5-4-12(15(18)9-13)10-21-14-6-1-11(2-7-14)3-8-16(19)20/h1-9H,10H2,(H,19,20)/b8-3+. The molecule has 0 aliphatic rings. The summed E-state index contributed by atoms with van der Waals surface area (Å²) in [5, 5.41) is 8.53. The van der Waals surface area contributed by atoms with Crippen LogP contribution < -0.4 is 4.74 Å². The molecule has 0 fully saturated rings. The van der Waals surface area contributed by atoms with Crippen LogP contribution in [0.15, 0.2) is 53.0 Å². The Bertz CT molecular complexity index is 666.